The summed E-state index contributed by atoms with van der Waals surface area (Å²) in [5.41, 5.74) is 12.0. The molecule has 1 amide bonds. The van der Waals surface area contributed by atoms with Gasteiger partial charge in [0.25, 0.3) is 0 Å². The summed E-state index contributed by atoms with van der Waals surface area (Å²) in [6.07, 6.45) is 1.89. The maximum absolute atomic E-state index is 13.8. The lowest BCUT2D eigenvalue weighted by atomic mass is 9.76. The second kappa shape index (κ2) is 10.5. The molecule has 2 aromatic carbocycles. The summed E-state index contributed by atoms with van der Waals surface area (Å²) in [5.74, 6) is -0.349. The number of nitrogens with two attached hydrogens (primary N) is 1. The predicted octanol–water partition coefficient (Wildman–Crippen LogP) is 5.84. The molecule has 2 atom stereocenters. The van der Waals surface area contributed by atoms with Crippen LogP contribution in [0.2, 0.25) is 25.7 Å². The lowest BCUT2D eigenvalue weighted by molar-refractivity contribution is -0.118. The van der Waals surface area contributed by atoms with Crippen LogP contribution in [0.25, 0.3) is 11.1 Å². The van der Waals surface area contributed by atoms with Crippen molar-refractivity contribution in [3.8, 4) is 16.9 Å². The van der Waals surface area contributed by atoms with Crippen molar-refractivity contribution in [2.45, 2.75) is 71.1 Å². The Morgan fingerprint density at radius 1 is 1.23 bits per heavy atom. The lowest BCUT2D eigenvalue weighted by Gasteiger charge is -2.37. The molecule has 1 aromatic heterocycles. The molecule has 2 aliphatic rings. The minimum atomic E-state index is -1.14. The van der Waals surface area contributed by atoms with Gasteiger partial charge in [-0.25, -0.2) is 9.07 Å². The second-order valence-corrected chi connectivity index (χ2v) is 17.9. The van der Waals surface area contributed by atoms with Crippen LogP contribution in [0.1, 0.15) is 35.7 Å². The van der Waals surface area contributed by atoms with E-state index < -0.39 is 14.1 Å². The van der Waals surface area contributed by atoms with Gasteiger partial charge in [-0.2, -0.15) is 5.10 Å². The quantitative estimate of drug-likeness (QED) is 0.258. The normalized spacial score (nSPS) is 18.4. The summed E-state index contributed by atoms with van der Waals surface area (Å²) in [4.78, 5) is 13.3. The van der Waals surface area contributed by atoms with Crippen molar-refractivity contribution in [1.82, 2.24) is 9.78 Å². The molecule has 1 unspecified atom stereocenters. The molecule has 39 heavy (non-hydrogen) atoms. The number of nitrogens with one attached hydrogen (secondary N) is 1. The van der Waals surface area contributed by atoms with E-state index in [1.807, 2.05) is 35.9 Å². The van der Waals surface area contributed by atoms with Crippen LogP contribution >= 0.6 is 0 Å². The fourth-order valence-electron chi connectivity index (χ4n) is 5.59. The first kappa shape index (κ1) is 27.5. The Hall–Kier alpha value is -3.01. The van der Waals surface area contributed by atoms with Crippen molar-refractivity contribution in [3.63, 3.8) is 0 Å². The zero-order chi connectivity index (χ0) is 27.9. The zero-order valence-electron chi connectivity index (χ0n) is 23.5. The first-order valence-electron chi connectivity index (χ1n) is 13.7. The minimum absolute atomic E-state index is 0.154. The van der Waals surface area contributed by atoms with E-state index in [0.717, 1.165) is 53.6 Å². The van der Waals surface area contributed by atoms with E-state index in [1.54, 1.807) is 6.07 Å². The number of carbonyl (C=O) groups excluding carboxylic acids is 1. The maximum Gasteiger partial charge on any atom is 0.241 e. The Labute approximate surface area is 230 Å². The standard InChI is InChI=1S/C30H39FN4O3Si/c1-19-26(20(2)35(34-19)18-37-14-15-39(3,4)5)21-6-9-23(10-7-21)33-29(36)28(32)27-24-11-8-22(31)16-25(24)38-17-30(27)12-13-30/h6-11,16,27-28H,12-15,17-18,32H2,1-5H3,(H,33,36)/t27?,28-/m0/s1. The Kier molecular flexibility index (Phi) is 7.43. The van der Waals surface area contributed by atoms with Gasteiger partial charge < -0.3 is 20.5 Å². The molecule has 0 saturated heterocycles. The van der Waals surface area contributed by atoms with Crippen molar-refractivity contribution in [2.24, 2.45) is 11.1 Å². The first-order chi connectivity index (χ1) is 18.5. The Balaban J connectivity index is 1.26. The maximum atomic E-state index is 13.8. The summed E-state index contributed by atoms with van der Waals surface area (Å²) in [6, 6.07) is 12.6. The molecule has 1 spiro atoms. The van der Waals surface area contributed by atoms with Gasteiger partial charge in [0.1, 0.15) is 18.3 Å². The van der Waals surface area contributed by atoms with E-state index in [-0.39, 0.29) is 23.1 Å². The number of carbonyl (C=O) groups is 1. The number of aromatic nitrogens is 2. The topological polar surface area (TPSA) is 91.4 Å². The van der Waals surface area contributed by atoms with Gasteiger partial charge in [0, 0.05) is 54.6 Å². The number of benzene rings is 2. The third-order valence-electron chi connectivity index (χ3n) is 8.07. The Bertz CT molecular complexity index is 1360. The number of hydrogen-bond acceptors (Lipinski definition) is 5. The molecule has 2 heterocycles. The lowest BCUT2D eigenvalue weighted by Crippen LogP contribution is -2.47. The zero-order valence-corrected chi connectivity index (χ0v) is 24.5. The SMILES string of the molecule is Cc1nn(COCC[Si](C)(C)C)c(C)c1-c1ccc(NC(=O)[C@@H](N)C2c3ccc(F)cc3OCC23CC3)cc1. The predicted molar refractivity (Wildman–Crippen MR) is 154 cm³/mol. The molecule has 1 saturated carbocycles. The third-order valence-corrected chi connectivity index (χ3v) is 9.78. The largest absolute Gasteiger partial charge is 0.493 e. The number of anilines is 1. The van der Waals surface area contributed by atoms with Crippen LogP contribution in [-0.2, 0) is 16.3 Å². The van der Waals surface area contributed by atoms with Crippen LogP contribution in [0.3, 0.4) is 0 Å². The van der Waals surface area contributed by atoms with Gasteiger partial charge in [-0.1, -0.05) is 37.8 Å². The van der Waals surface area contributed by atoms with Crippen LogP contribution in [0.5, 0.6) is 5.75 Å². The second-order valence-electron chi connectivity index (χ2n) is 12.3. The fraction of sp³-hybridized carbons (Fsp3) is 0.467. The van der Waals surface area contributed by atoms with Gasteiger partial charge in [0.2, 0.25) is 5.91 Å². The van der Waals surface area contributed by atoms with Gasteiger partial charge in [-0.05, 0) is 56.5 Å². The highest BCUT2D eigenvalue weighted by atomic mass is 28.3. The van der Waals surface area contributed by atoms with Gasteiger partial charge in [0.15, 0.2) is 0 Å². The Morgan fingerprint density at radius 2 is 1.95 bits per heavy atom. The van der Waals surface area contributed by atoms with Crippen molar-refractivity contribution < 1.29 is 18.7 Å². The summed E-state index contributed by atoms with van der Waals surface area (Å²) >= 11 is 0. The van der Waals surface area contributed by atoms with Crippen LogP contribution < -0.4 is 15.8 Å². The minimum Gasteiger partial charge on any atom is -0.493 e. The highest BCUT2D eigenvalue weighted by Gasteiger charge is 2.56. The van der Waals surface area contributed by atoms with Gasteiger partial charge >= 0.3 is 0 Å². The third kappa shape index (κ3) is 5.80. The summed E-state index contributed by atoms with van der Waals surface area (Å²) < 4.78 is 27.5. The van der Waals surface area contributed by atoms with E-state index in [4.69, 9.17) is 20.3 Å². The molecule has 0 bridgehead atoms. The molecule has 0 radical (unpaired) electrons. The molecule has 1 aliphatic heterocycles. The molecule has 1 fully saturated rings. The van der Waals surface area contributed by atoms with Gasteiger partial charge in [0.05, 0.1) is 18.3 Å². The van der Waals surface area contributed by atoms with E-state index in [2.05, 4.69) is 31.9 Å². The van der Waals surface area contributed by atoms with Crippen LogP contribution in [0.4, 0.5) is 10.1 Å². The molecule has 5 rings (SSSR count). The molecule has 1 aliphatic carbocycles. The van der Waals surface area contributed by atoms with Crippen molar-refractivity contribution >= 4 is 19.7 Å². The Morgan fingerprint density at radius 3 is 2.62 bits per heavy atom. The van der Waals surface area contributed by atoms with E-state index in [1.165, 1.54) is 12.1 Å². The number of rotatable bonds is 9. The van der Waals surface area contributed by atoms with Crippen molar-refractivity contribution in [1.29, 1.82) is 0 Å². The smallest absolute Gasteiger partial charge is 0.241 e. The van der Waals surface area contributed by atoms with Gasteiger partial charge in [-0.15, -0.1) is 0 Å². The summed E-state index contributed by atoms with van der Waals surface area (Å²) in [5, 5.41) is 7.68. The number of amides is 1. The van der Waals surface area contributed by atoms with Crippen molar-refractivity contribution in [2.75, 3.05) is 18.5 Å². The van der Waals surface area contributed by atoms with Crippen LogP contribution in [0.15, 0.2) is 42.5 Å². The highest BCUT2D eigenvalue weighted by Crippen LogP contribution is 2.60. The van der Waals surface area contributed by atoms with Crippen LogP contribution in [0, 0.1) is 25.1 Å². The molecular weight excluding hydrogens is 511 g/mol. The summed E-state index contributed by atoms with van der Waals surface area (Å²) in [7, 11) is -1.14. The average molecular weight is 551 g/mol. The van der Waals surface area contributed by atoms with E-state index in [0.29, 0.717) is 24.8 Å². The average Bonchev–Trinajstić information content (AvgIpc) is 3.59. The number of halogens is 1. The van der Waals surface area contributed by atoms with E-state index in [9.17, 15) is 9.18 Å². The van der Waals surface area contributed by atoms with E-state index >= 15 is 0 Å². The monoisotopic (exact) mass is 550 g/mol. The molecule has 7 nitrogen and oxygen atoms in total. The van der Waals surface area contributed by atoms with Gasteiger partial charge in [-0.3, -0.25) is 4.79 Å². The molecule has 3 N–H and O–H groups in total. The first-order valence-corrected chi connectivity index (χ1v) is 17.4. The number of ether oxygens (including phenoxy) is 2. The fourth-order valence-corrected chi connectivity index (χ4v) is 6.35. The molecular formula is C30H39FN4O3Si. The van der Waals surface area contributed by atoms with Crippen molar-refractivity contribution in [3.05, 3.63) is 65.2 Å². The molecule has 3 aromatic rings. The number of nitrogens with zero attached hydrogens (tertiary/aromatic N) is 2. The summed E-state index contributed by atoms with van der Waals surface area (Å²) in [6.45, 7) is 12.7. The number of fused-ring (bicyclic) bond motifs is 1. The number of hydrogen-bond donors (Lipinski definition) is 2. The highest BCUT2D eigenvalue weighted by molar-refractivity contribution is 6.76. The number of aryl methyl sites for hydroxylation is 1. The van der Waals surface area contributed by atoms with Crippen LogP contribution in [-0.4, -0.2) is 43.0 Å². The molecule has 208 valence electrons. The molecule has 9 heteroatoms.